The molecule has 5 rings (SSSR count). The summed E-state index contributed by atoms with van der Waals surface area (Å²) in [5.41, 5.74) is 3.30. The number of benzene rings is 1. The number of pyridine rings is 1. The van der Waals surface area contributed by atoms with Crippen LogP contribution in [0.4, 0.5) is 0 Å². The summed E-state index contributed by atoms with van der Waals surface area (Å²) in [6.45, 7) is 7.13. The Bertz CT molecular complexity index is 1180. The molecule has 0 aliphatic heterocycles. The Balaban J connectivity index is 1.36. The van der Waals surface area contributed by atoms with E-state index >= 15 is 0 Å². The zero-order chi connectivity index (χ0) is 24.7. The smallest absolute Gasteiger partial charge is 0.225 e. The molecule has 2 aliphatic carbocycles. The number of carbonyl (C=O) groups excluding carboxylic acids is 1. The van der Waals surface area contributed by atoms with Crippen LogP contribution in [-0.4, -0.2) is 39.0 Å². The highest BCUT2D eigenvalue weighted by Gasteiger charge is 2.54. The van der Waals surface area contributed by atoms with Gasteiger partial charge in [-0.3, -0.25) is 9.78 Å². The van der Waals surface area contributed by atoms with Crippen molar-refractivity contribution in [2.24, 2.45) is 23.2 Å². The van der Waals surface area contributed by atoms with Gasteiger partial charge in [0.1, 0.15) is 5.01 Å². The third kappa shape index (κ3) is 4.43. The number of carbonyl (C=O) groups is 1. The first kappa shape index (κ1) is 24.1. The van der Waals surface area contributed by atoms with Crippen molar-refractivity contribution in [1.82, 2.24) is 14.9 Å². The van der Waals surface area contributed by atoms with Crippen molar-refractivity contribution < 1.29 is 9.90 Å². The second-order valence-corrected chi connectivity index (χ2v) is 12.0. The molecular weight excluding hydrogens is 454 g/mol. The SMILES string of the molecule is C[C@H](C(=O)N(C)Cc1ccccc1)[C@H]1CC[C@]2(C)Cc3sc(-c4cccnc4)nc3[C@H](C)[C@@H]2[C@H]1O. The highest BCUT2D eigenvalue weighted by molar-refractivity contribution is 7.15. The van der Waals surface area contributed by atoms with Crippen LogP contribution in [0.25, 0.3) is 10.6 Å². The maximum absolute atomic E-state index is 13.4. The number of thiazole rings is 1. The van der Waals surface area contributed by atoms with Crippen molar-refractivity contribution in [2.75, 3.05) is 7.05 Å². The first-order valence-corrected chi connectivity index (χ1v) is 13.5. The molecule has 1 saturated carbocycles. The molecular formula is C29H35N3O2S. The Morgan fingerprint density at radius 1 is 1.26 bits per heavy atom. The molecule has 5 nitrogen and oxygen atoms in total. The van der Waals surface area contributed by atoms with Gasteiger partial charge in [0.05, 0.1) is 11.8 Å². The Morgan fingerprint density at radius 2 is 2.03 bits per heavy atom. The third-order valence-corrected chi connectivity index (χ3v) is 9.62. The molecule has 2 aromatic heterocycles. The zero-order valence-electron chi connectivity index (χ0n) is 21.0. The lowest BCUT2D eigenvalue weighted by Crippen LogP contribution is -2.53. The highest BCUT2D eigenvalue weighted by atomic mass is 32.1. The van der Waals surface area contributed by atoms with Crippen LogP contribution < -0.4 is 0 Å². The van der Waals surface area contributed by atoms with E-state index in [2.05, 4.69) is 24.9 Å². The number of hydrogen-bond donors (Lipinski definition) is 1. The van der Waals surface area contributed by atoms with Gasteiger partial charge in [-0.15, -0.1) is 11.3 Å². The minimum atomic E-state index is -0.524. The van der Waals surface area contributed by atoms with Gasteiger partial charge in [0.2, 0.25) is 5.91 Å². The second-order valence-electron chi connectivity index (χ2n) is 10.9. The van der Waals surface area contributed by atoms with E-state index in [1.165, 1.54) is 4.88 Å². The molecule has 3 aromatic rings. The molecule has 2 heterocycles. The van der Waals surface area contributed by atoms with Gasteiger partial charge in [0.25, 0.3) is 0 Å². The van der Waals surface area contributed by atoms with Gasteiger partial charge in [-0.05, 0) is 54.2 Å². The minimum Gasteiger partial charge on any atom is -0.392 e. The predicted octanol–water partition coefficient (Wildman–Crippen LogP) is 5.55. The lowest BCUT2D eigenvalue weighted by molar-refractivity contribution is -0.144. The van der Waals surface area contributed by atoms with Gasteiger partial charge >= 0.3 is 0 Å². The van der Waals surface area contributed by atoms with Crippen LogP contribution in [0, 0.1) is 23.2 Å². The van der Waals surface area contributed by atoms with E-state index < -0.39 is 6.10 Å². The van der Waals surface area contributed by atoms with E-state index in [1.54, 1.807) is 17.5 Å². The average molecular weight is 490 g/mol. The summed E-state index contributed by atoms with van der Waals surface area (Å²) < 4.78 is 0. The van der Waals surface area contributed by atoms with Gasteiger partial charge in [0.15, 0.2) is 0 Å². The zero-order valence-corrected chi connectivity index (χ0v) is 21.8. The van der Waals surface area contributed by atoms with Crippen LogP contribution in [0.2, 0.25) is 0 Å². The fourth-order valence-electron chi connectivity index (χ4n) is 6.63. The fraction of sp³-hybridized carbons (Fsp3) is 0.483. The van der Waals surface area contributed by atoms with Crippen LogP contribution >= 0.6 is 11.3 Å². The summed E-state index contributed by atoms with van der Waals surface area (Å²) in [6.07, 6.45) is 5.96. The van der Waals surface area contributed by atoms with Crippen LogP contribution in [0.5, 0.6) is 0 Å². The lowest BCUT2D eigenvalue weighted by atomic mass is 9.53. The van der Waals surface area contributed by atoms with Gasteiger partial charge < -0.3 is 10.0 Å². The van der Waals surface area contributed by atoms with Crippen molar-refractivity contribution in [3.05, 3.63) is 71.0 Å². The minimum absolute atomic E-state index is 0.0137. The molecule has 6 atom stereocenters. The molecule has 0 saturated heterocycles. The molecule has 0 unspecified atom stereocenters. The standard InChI is InChI=1S/C29H35N3O2S/c1-18(28(34)32(4)17-20-9-6-5-7-10-20)22-12-13-29(3)15-23-25(19(2)24(29)26(22)33)31-27(35-23)21-11-8-14-30-16-21/h5-11,14,16,18-19,22,24,26,33H,12-13,15,17H2,1-4H3/t18-,19+,22+,24+,26-,29+/m0/s1. The molecule has 2 aliphatic rings. The van der Waals surface area contributed by atoms with E-state index in [1.807, 2.05) is 61.5 Å². The van der Waals surface area contributed by atoms with Crippen molar-refractivity contribution >= 4 is 17.2 Å². The number of amides is 1. The van der Waals surface area contributed by atoms with Crippen LogP contribution in [0.15, 0.2) is 54.9 Å². The number of rotatable bonds is 5. The lowest BCUT2D eigenvalue weighted by Gasteiger charge is -2.53. The highest BCUT2D eigenvalue weighted by Crippen LogP contribution is 2.57. The molecule has 0 spiro atoms. The third-order valence-electron chi connectivity index (χ3n) is 8.50. The number of aliphatic hydroxyl groups is 1. The normalized spacial score (nSPS) is 28.6. The largest absolute Gasteiger partial charge is 0.392 e. The fourth-order valence-corrected chi connectivity index (χ4v) is 7.98. The molecule has 6 heteroatoms. The summed E-state index contributed by atoms with van der Waals surface area (Å²) in [6, 6.07) is 14.1. The van der Waals surface area contributed by atoms with Crippen LogP contribution in [-0.2, 0) is 17.8 Å². The maximum atomic E-state index is 13.4. The number of nitrogens with zero attached hydrogens (tertiary/aromatic N) is 3. The van der Waals surface area contributed by atoms with Gasteiger partial charge in [-0.1, -0.05) is 51.1 Å². The van der Waals surface area contributed by atoms with Gasteiger partial charge in [-0.2, -0.15) is 0 Å². The second kappa shape index (κ2) is 9.47. The molecule has 1 aromatic carbocycles. The van der Waals surface area contributed by atoms with Crippen molar-refractivity contribution in [1.29, 1.82) is 0 Å². The molecule has 0 radical (unpaired) electrons. The monoisotopic (exact) mass is 489 g/mol. The van der Waals surface area contributed by atoms with Crippen molar-refractivity contribution in [3.63, 3.8) is 0 Å². The Hall–Kier alpha value is -2.57. The predicted molar refractivity (Wildman–Crippen MR) is 140 cm³/mol. The van der Waals surface area contributed by atoms with E-state index in [0.29, 0.717) is 6.54 Å². The molecule has 184 valence electrons. The molecule has 1 amide bonds. The summed E-state index contributed by atoms with van der Waals surface area (Å²) in [5, 5.41) is 12.7. The van der Waals surface area contributed by atoms with Crippen LogP contribution in [0.1, 0.15) is 55.7 Å². The average Bonchev–Trinajstić information content (AvgIpc) is 3.28. The first-order chi connectivity index (χ1) is 16.8. The molecule has 1 N–H and O–H groups in total. The van der Waals surface area contributed by atoms with Crippen LogP contribution in [0.3, 0.4) is 0 Å². The number of aromatic nitrogens is 2. The Labute approximate surface area is 212 Å². The molecule has 0 bridgehead atoms. The first-order valence-electron chi connectivity index (χ1n) is 12.7. The molecule has 35 heavy (non-hydrogen) atoms. The van der Waals surface area contributed by atoms with Gasteiger partial charge in [-0.25, -0.2) is 4.98 Å². The maximum Gasteiger partial charge on any atom is 0.225 e. The van der Waals surface area contributed by atoms with E-state index in [0.717, 1.165) is 41.1 Å². The van der Waals surface area contributed by atoms with Crippen molar-refractivity contribution in [3.8, 4) is 10.6 Å². The summed E-state index contributed by atoms with van der Waals surface area (Å²) in [4.78, 5) is 25.8. The van der Waals surface area contributed by atoms with Gasteiger partial charge in [0, 0.05) is 48.3 Å². The Kier molecular flexibility index (Phi) is 6.53. The van der Waals surface area contributed by atoms with E-state index in [9.17, 15) is 9.90 Å². The van der Waals surface area contributed by atoms with E-state index in [-0.39, 0.29) is 35.0 Å². The summed E-state index contributed by atoms with van der Waals surface area (Å²) >= 11 is 1.77. The van der Waals surface area contributed by atoms with Crippen molar-refractivity contribution in [2.45, 2.75) is 58.6 Å². The Morgan fingerprint density at radius 3 is 2.74 bits per heavy atom. The summed E-state index contributed by atoms with van der Waals surface area (Å²) in [5.74, 6) is 0.0792. The summed E-state index contributed by atoms with van der Waals surface area (Å²) in [7, 11) is 1.87. The number of fused-ring (bicyclic) bond motifs is 2. The van der Waals surface area contributed by atoms with E-state index in [4.69, 9.17) is 4.98 Å². The topological polar surface area (TPSA) is 66.3 Å². The molecule has 1 fully saturated rings. The number of aliphatic hydroxyl groups excluding tert-OH is 1. The number of hydrogen-bond acceptors (Lipinski definition) is 5. The quantitative estimate of drug-likeness (QED) is 0.510.